The average molecular weight is 383 g/mol. The molecule has 1 amide bonds. The van der Waals surface area contributed by atoms with Gasteiger partial charge in [0.1, 0.15) is 12.4 Å². The molecule has 1 fully saturated rings. The lowest BCUT2D eigenvalue weighted by molar-refractivity contribution is -0.119. The van der Waals surface area contributed by atoms with Crippen molar-refractivity contribution in [3.05, 3.63) is 59.2 Å². The summed E-state index contributed by atoms with van der Waals surface area (Å²) < 4.78 is 16.3. The molecule has 148 valence electrons. The molecule has 0 bridgehead atoms. The lowest BCUT2D eigenvalue weighted by atomic mass is 10.1. The van der Waals surface area contributed by atoms with E-state index in [9.17, 15) is 9.59 Å². The zero-order valence-electron chi connectivity index (χ0n) is 16.2. The second-order valence-electron chi connectivity index (χ2n) is 6.86. The standard InChI is InChI=1S/C22H25NO5/c1-15-5-3-6-16(2)21(15)23-20(24)14-28-22(25)17-8-10-18(11-9-17)27-13-19-7-4-12-26-19/h3,5-6,8-11,19H,4,7,12-14H2,1-2H3,(H,23,24). The first-order valence-corrected chi connectivity index (χ1v) is 9.40. The predicted molar refractivity (Wildman–Crippen MR) is 106 cm³/mol. The molecule has 1 N–H and O–H groups in total. The highest BCUT2D eigenvalue weighted by molar-refractivity contribution is 5.96. The maximum absolute atomic E-state index is 12.2. The lowest BCUT2D eigenvalue weighted by Gasteiger charge is -2.12. The summed E-state index contributed by atoms with van der Waals surface area (Å²) in [5, 5.41) is 2.79. The van der Waals surface area contributed by atoms with Crippen LogP contribution in [0.5, 0.6) is 5.75 Å². The van der Waals surface area contributed by atoms with Crippen LogP contribution in [0, 0.1) is 13.8 Å². The van der Waals surface area contributed by atoms with Crippen molar-refractivity contribution >= 4 is 17.6 Å². The van der Waals surface area contributed by atoms with E-state index in [0.29, 0.717) is 17.9 Å². The molecule has 0 aliphatic carbocycles. The summed E-state index contributed by atoms with van der Waals surface area (Å²) in [6, 6.07) is 12.4. The molecular formula is C22H25NO5. The van der Waals surface area contributed by atoms with Crippen LogP contribution < -0.4 is 10.1 Å². The summed E-state index contributed by atoms with van der Waals surface area (Å²) in [5.74, 6) is -0.260. The Morgan fingerprint density at radius 3 is 2.46 bits per heavy atom. The quantitative estimate of drug-likeness (QED) is 0.739. The van der Waals surface area contributed by atoms with E-state index in [1.165, 1.54) is 0 Å². The fraction of sp³-hybridized carbons (Fsp3) is 0.364. The van der Waals surface area contributed by atoms with Gasteiger partial charge < -0.3 is 19.5 Å². The third-order valence-electron chi connectivity index (χ3n) is 4.63. The topological polar surface area (TPSA) is 73.9 Å². The number of rotatable bonds is 7. The number of carbonyl (C=O) groups excluding carboxylic acids is 2. The molecule has 2 aromatic carbocycles. The van der Waals surface area contributed by atoms with Crippen LogP contribution in [-0.2, 0) is 14.3 Å². The Labute approximate surface area is 164 Å². The molecule has 1 aliphatic rings. The monoisotopic (exact) mass is 383 g/mol. The van der Waals surface area contributed by atoms with Crippen LogP contribution in [0.2, 0.25) is 0 Å². The molecule has 3 rings (SSSR count). The second kappa shape index (κ2) is 9.37. The smallest absolute Gasteiger partial charge is 0.338 e. The highest BCUT2D eigenvalue weighted by atomic mass is 16.5. The average Bonchev–Trinajstić information content (AvgIpc) is 3.21. The van der Waals surface area contributed by atoms with Crippen LogP contribution >= 0.6 is 0 Å². The van der Waals surface area contributed by atoms with Gasteiger partial charge in [-0.15, -0.1) is 0 Å². The zero-order valence-corrected chi connectivity index (χ0v) is 16.2. The van der Waals surface area contributed by atoms with Gasteiger partial charge in [0.2, 0.25) is 0 Å². The van der Waals surface area contributed by atoms with Gasteiger partial charge in [0.15, 0.2) is 6.61 Å². The summed E-state index contributed by atoms with van der Waals surface area (Å²) in [6.07, 6.45) is 2.21. The van der Waals surface area contributed by atoms with Crippen LogP contribution in [0.1, 0.15) is 34.3 Å². The molecule has 0 aromatic heterocycles. The summed E-state index contributed by atoms with van der Waals surface area (Å²) in [6.45, 7) is 4.77. The number of hydrogen-bond acceptors (Lipinski definition) is 5. The highest BCUT2D eigenvalue weighted by Crippen LogP contribution is 2.19. The third kappa shape index (κ3) is 5.33. The zero-order chi connectivity index (χ0) is 19.9. The molecule has 1 saturated heterocycles. The van der Waals surface area contributed by atoms with Crippen LogP contribution in [0.25, 0.3) is 0 Å². The highest BCUT2D eigenvalue weighted by Gasteiger charge is 2.16. The van der Waals surface area contributed by atoms with E-state index in [2.05, 4.69) is 5.32 Å². The van der Waals surface area contributed by atoms with Gasteiger partial charge in [0.25, 0.3) is 5.91 Å². The molecule has 2 aromatic rings. The molecule has 1 unspecified atom stereocenters. The number of nitrogens with one attached hydrogen (secondary N) is 1. The van der Waals surface area contributed by atoms with E-state index in [4.69, 9.17) is 14.2 Å². The molecule has 0 radical (unpaired) electrons. The van der Waals surface area contributed by atoms with Crippen molar-refractivity contribution in [3.63, 3.8) is 0 Å². The summed E-state index contributed by atoms with van der Waals surface area (Å²) >= 11 is 0. The number of anilines is 1. The molecule has 28 heavy (non-hydrogen) atoms. The van der Waals surface area contributed by atoms with Gasteiger partial charge in [-0.3, -0.25) is 4.79 Å². The molecule has 1 aliphatic heterocycles. The van der Waals surface area contributed by atoms with Crippen molar-refractivity contribution in [2.75, 3.05) is 25.1 Å². The fourth-order valence-electron chi connectivity index (χ4n) is 3.05. The van der Waals surface area contributed by atoms with Gasteiger partial charge in [-0.1, -0.05) is 18.2 Å². The summed E-state index contributed by atoms with van der Waals surface area (Å²) in [4.78, 5) is 24.2. The number of aryl methyl sites for hydroxylation is 2. The largest absolute Gasteiger partial charge is 0.491 e. The van der Waals surface area contributed by atoms with E-state index in [1.807, 2.05) is 32.0 Å². The number of carbonyl (C=O) groups is 2. The van der Waals surface area contributed by atoms with Crippen molar-refractivity contribution < 1.29 is 23.8 Å². The van der Waals surface area contributed by atoms with Crippen molar-refractivity contribution in [2.24, 2.45) is 0 Å². The summed E-state index contributed by atoms with van der Waals surface area (Å²) in [7, 11) is 0. The van der Waals surface area contributed by atoms with Crippen molar-refractivity contribution in [1.29, 1.82) is 0 Å². The maximum atomic E-state index is 12.2. The Hall–Kier alpha value is -2.86. The lowest BCUT2D eigenvalue weighted by Crippen LogP contribution is -2.21. The number of ether oxygens (including phenoxy) is 3. The minimum absolute atomic E-state index is 0.139. The molecule has 0 saturated carbocycles. The molecule has 6 nitrogen and oxygen atoms in total. The number of esters is 1. The second-order valence-corrected chi connectivity index (χ2v) is 6.86. The number of amides is 1. The van der Waals surface area contributed by atoms with Crippen LogP contribution in [0.3, 0.4) is 0 Å². The van der Waals surface area contributed by atoms with Crippen molar-refractivity contribution in [2.45, 2.75) is 32.8 Å². The first-order chi connectivity index (χ1) is 13.5. The maximum Gasteiger partial charge on any atom is 0.338 e. The van der Waals surface area contributed by atoms with Crippen LogP contribution in [0.15, 0.2) is 42.5 Å². The number of para-hydroxylation sites is 1. The van der Waals surface area contributed by atoms with Gasteiger partial charge in [-0.2, -0.15) is 0 Å². The Bertz CT molecular complexity index is 805. The van der Waals surface area contributed by atoms with Crippen LogP contribution in [-0.4, -0.2) is 37.8 Å². The molecule has 6 heteroatoms. The van der Waals surface area contributed by atoms with E-state index in [-0.39, 0.29) is 18.6 Å². The molecule has 1 heterocycles. The van der Waals surface area contributed by atoms with E-state index in [1.54, 1.807) is 24.3 Å². The molecular weight excluding hydrogens is 358 g/mol. The predicted octanol–water partition coefficient (Wildman–Crippen LogP) is 3.66. The Morgan fingerprint density at radius 1 is 1.11 bits per heavy atom. The SMILES string of the molecule is Cc1cccc(C)c1NC(=O)COC(=O)c1ccc(OCC2CCCO2)cc1. The van der Waals surface area contributed by atoms with Gasteiger partial charge >= 0.3 is 5.97 Å². The molecule has 1 atom stereocenters. The van der Waals surface area contributed by atoms with E-state index >= 15 is 0 Å². The number of benzene rings is 2. The fourth-order valence-corrected chi connectivity index (χ4v) is 3.05. The first-order valence-electron chi connectivity index (χ1n) is 9.40. The molecule has 0 spiro atoms. The summed E-state index contributed by atoms with van der Waals surface area (Å²) in [5.41, 5.74) is 3.03. The Balaban J connectivity index is 1.47. The van der Waals surface area contributed by atoms with Gasteiger partial charge in [-0.25, -0.2) is 4.79 Å². The minimum atomic E-state index is -0.553. The van der Waals surface area contributed by atoms with Crippen LogP contribution in [0.4, 0.5) is 5.69 Å². The van der Waals surface area contributed by atoms with Crippen molar-refractivity contribution in [3.8, 4) is 5.75 Å². The number of hydrogen-bond donors (Lipinski definition) is 1. The minimum Gasteiger partial charge on any atom is -0.491 e. The van der Waals surface area contributed by atoms with Gasteiger partial charge in [-0.05, 0) is 62.1 Å². The van der Waals surface area contributed by atoms with Gasteiger partial charge in [0, 0.05) is 12.3 Å². The van der Waals surface area contributed by atoms with Crippen molar-refractivity contribution in [1.82, 2.24) is 0 Å². The first kappa shape index (κ1) is 19.9. The Morgan fingerprint density at radius 2 is 1.82 bits per heavy atom. The third-order valence-corrected chi connectivity index (χ3v) is 4.63. The van der Waals surface area contributed by atoms with E-state index in [0.717, 1.165) is 36.3 Å². The van der Waals surface area contributed by atoms with E-state index < -0.39 is 5.97 Å². The normalized spacial score (nSPS) is 15.9. The Kier molecular flexibility index (Phi) is 6.66. The van der Waals surface area contributed by atoms with Gasteiger partial charge in [0.05, 0.1) is 11.7 Å².